The van der Waals surface area contributed by atoms with Crippen molar-refractivity contribution >= 4 is 35.8 Å². The van der Waals surface area contributed by atoms with Crippen LogP contribution in [0.25, 0.3) is 0 Å². The number of para-hydroxylation sites is 1. The number of nitrogens with one attached hydrogen (secondary N) is 2. The van der Waals surface area contributed by atoms with Crippen molar-refractivity contribution in [2.24, 2.45) is 0 Å². The summed E-state index contributed by atoms with van der Waals surface area (Å²) in [6.07, 6.45) is 0. The lowest BCUT2D eigenvalue weighted by Crippen LogP contribution is -2.18. The highest BCUT2D eigenvalue weighted by atomic mass is 35.5. The molecular formula is C17H24ClN3O2S. The van der Waals surface area contributed by atoms with Gasteiger partial charge in [0.15, 0.2) is 0 Å². The van der Waals surface area contributed by atoms with Crippen LogP contribution in [0.2, 0.25) is 0 Å². The molecule has 2 N–H and O–H groups in total. The van der Waals surface area contributed by atoms with E-state index in [0.29, 0.717) is 5.75 Å². The smallest absolute Gasteiger partial charge is 0.234 e. The van der Waals surface area contributed by atoms with Crippen molar-refractivity contribution in [1.29, 1.82) is 0 Å². The van der Waals surface area contributed by atoms with Gasteiger partial charge in [-0.15, -0.1) is 24.2 Å². The highest BCUT2D eigenvalue weighted by molar-refractivity contribution is 7.99. The molecule has 0 unspecified atom stereocenters. The van der Waals surface area contributed by atoms with Crippen LogP contribution in [0.5, 0.6) is 0 Å². The minimum Gasteiger partial charge on any atom is -0.361 e. The molecule has 7 heteroatoms. The van der Waals surface area contributed by atoms with Crippen molar-refractivity contribution in [2.45, 2.75) is 33.1 Å². The number of hydrogen-bond acceptors (Lipinski definition) is 5. The zero-order chi connectivity index (χ0) is 16.7. The number of rotatable bonds is 8. The minimum atomic E-state index is 0. The van der Waals surface area contributed by atoms with Gasteiger partial charge in [0.25, 0.3) is 0 Å². The van der Waals surface area contributed by atoms with Crippen LogP contribution in [0.3, 0.4) is 0 Å². The number of thioether (sulfide) groups is 1. The van der Waals surface area contributed by atoms with Crippen LogP contribution in [0.1, 0.15) is 29.5 Å². The van der Waals surface area contributed by atoms with Crippen LogP contribution < -0.4 is 10.6 Å². The molecule has 1 heterocycles. The fraction of sp³-hybridized carbons (Fsp3) is 0.412. The first-order valence-electron chi connectivity index (χ1n) is 7.69. The van der Waals surface area contributed by atoms with Crippen LogP contribution in [-0.4, -0.2) is 23.4 Å². The molecule has 0 aliphatic carbocycles. The predicted molar refractivity (Wildman–Crippen MR) is 102 cm³/mol. The summed E-state index contributed by atoms with van der Waals surface area (Å²) in [6, 6.07) is 7.87. The first-order chi connectivity index (χ1) is 11.1. The average molecular weight is 370 g/mol. The Morgan fingerprint density at radius 1 is 1.29 bits per heavy atom. The lowest BCUT2D eigenvalue weighted by Gasteiger charge is -2.11. The van der Waals surface area contributed by atoms with Gasteiger partial charge in [-0.25, -0.2) is 0 Å². The Morgan fingerprint density at radius 3 is 2.71 bits per heavy atom. The van der Waals surface area contributed by atoms with Gasteiger partial charge in [-0.3, -0.25) is 4.79 Å². The van der Waals surface area contributed by atoms with E-state index in [1.807, 2.05) is 38.1 Å². The number of anilines is 1. The largest absolute Gasteiger partial charge is 0.361 e. The Labute approximate surface area is 153 Å². The Bertz CT molecular complexity index is 642. The van der Waals surface area contributed by atoms with Gasteiger partial charge in [-0.05, 0) is 32.0 Å². The normalized spacial score (nSPS) is 10.3. The zero-order valence-electron chi connectivity index (χ0n) is 14.2. The summed E-state index contributed by atoms with van der Waals surface area (Å²) in [6.45, 7) is 7.53. The van der Waals surface area contributed by atoms with E-state index in [-0.39, 0.29) is 18.3 Å². The van der Waals surface area contributed by atoms with Gasteiger partial charge in [-0.1, -0.05) is 30.3 Å². The van der Waals surface area contributed by atoms with Gasteiger partial charge < -0.3 is 15.2 Å². The molecular weight excluding hydrogens is 346 g/mol. The predicted octanol–water partition coefficient (Wildman–Crippen LogP) is 3.69. The summed E-state index contributed by atoms with van der Waals surface area (Å²) in [5.41, 5.74) is 3.94. The van der Waals surface area contributed by atoms with Gasteiger partial charge in [0.1, 0.15) is 5.76 Å². The first kappa shape index (κ1) is 20.5. The number of carbonyl (C=O) groups excluding carboxylic acids is 1. The molecule has 0 bridgehead atoms. The number of hydrogen-bond donors (Lipinski definition) is 2. The number of benzene rings is 1. The molecule has 0 saturated heterocycles. The maximum Gasteiger partial charge on any atom is 0.234 e. The maximum atomic E-state index is 12.1. The fourth-order valence-corrected chi connectivity index (χ4v) is 3.17. The van der Waals surface area contributed by atoms with E-state index >= 15 is 0 Å². The number of amides is 1. The van der Waals surface area contributed by atoms with Gasteiger partial charge >= 0.3 is 0 Å². The topological polar surface area (TPSA) is 67.2 Å². The quantitative estimate of drug-likeness (QED) is 0.742. The van der Waals surface area contributed by atoms with Crippen LogP contribution >= 0.6 is 24.2 Å². The van der Waals surface area contributed by atoms with E-state index in [0.717, 1.165) is 47.1 Å². The molecule has 1 amide bonds. The Hall–Kier alpha value is -1.50. The molecule has 0 fully saturated rings. The van der Waals surface area contributed by atoms with E-state index in [9.17, 15) is 4.79 Å². The Balaban J connectivity index is 0.00000288. The van der Waals surface area contributed by atoms with Gasteiger partial charge in [-0.2, -0.15) is 0 Å². The van der Waals surface area contributed by atoms with Crippen LogP contribution in [0.15, 0.2) is 28.8 Å². The number of halogens is 1. The summed E-state index contributed by atoms with van der Waals surface area (Å²) >= 11 is 1.56. The molecule has 0 aliphatic heterocycles. The van der Waals surface area contributed by atoms with Crippen molar-refractivity contribution in [3.63, 3.8) is 0 Å². The molecule has 132 valence electrons. The molecule has 2 rings (SSSR count). The third kappa shape index (κ3) is 5.85. The molecule has 5 nitrogen and oxygen atoms in total. The summed E-state index contributed by atoms with van der Waals surface area (Å²) in [4.78, 5) is 12.1. The molecule has 24 heavy (non-hydrogen) atoms. The van der Waals surface area contributed by atoms with Gasteiger partial charge in [0.05, 0.1) is 11.4 Å². The third-order valence-electron chi connectivity index (χ3n) is 3.52. The first-order valence-corrected chi connectivity index (χ1v) is 8.85. The van der Waals surface area contributed by atoms with Crippen LogP contribution in [0, 0.1) is 13.8 Å². The number of aromatic nitrogens is 1. The SMILES string of the molecule is CCNCc1ccccc1NC(=O)CSCc1c(C)noc1C.Cl. The van der Waals surface area contributed by atoms with E-state index < -0.39 is 0 Å². The zero-order valence-corrected chi connectivity index (χ0v) is 15.9. The number of carbonyl (C=O) groups is 1. The standard InChI is InChI=1S/C17H23N3O2S.ClH/c1-4-18-9-14-7-5-6-8-16(14)19-17(21)11-23-10-15-12(2)20-22-13(15)3;/h5-8,18H,4,9-11H2,1-3H3,(H,19,21);1H. The van der Waals surface area contributed by atoms with E-state index in [4.69, 9.17) is 4.52 Å². The molecule has 0 saturated carbocycles. The fourth-order valence-electron chi connectivity index (χ4n) is 2.20. The van der Waals surface area contributed by atoms with Gasteiger partial charge in [0.2, 0.25) is 5.91 Å². The average Bonchev–Trinajstić information content (AvgIpc) is 2.86. The number of aryl methyl sites for hydroxylation is 2. The summed E-state index contributed by atoms with van der Waals surface area (Å²) in [5, 5.41) is 10.2. The molecule has 1 aromatic carbocycles. The highest BCUT2D eigenvalue weighted by Crippen LogP contribution is 2.20. The second kappa shape index (κ2) is 10.4. The molecule has 1 aromatic heterocycles. The lowest BCUT2D eigenvalue weighted by molar-refractivity contribution is -0.113. The maximum absolute atomic E-state index is 12.1. The molecule has 0 radical (unpaired) electrons. The third-order valence-corrected chi connectivity index (χ3v) is 4.48. The minimum absolute atomic E-state index is 0. The van der Waals surface area contributed by atoms with Crippen LogP contribution in [-0.2, 0) is 17.1 Å². The monoisotopic (exact) mass is 369 g/mol. The summed E-state index contributed by atoms with van der Waals surface area (Å²) in [5.74, 6) is 1.96. The second-order valence-corrected chi connectivity index (χ2v) is 6.27. The summed E-state index contributed by atoms with van der Waals surface area (Å²) in [7, 11) is 0. The Morgan fingerprint density at radius 2 is 2.04 bits per heavy atom. The Kier molecular flexibility index (Phi) is 8.89. The van der Waals surface area contributed by atoms with Crippen molar-refractivity contribution in [3.05, 3.63) is 46.8 Å². The molecule has 2 aromatic rings. The van der Waals surface area contributed by atoms with E-state index in [1.165, 1.54) is 0 Å². The number of nitrogens with zero attached hydrogens (tertiary/aromatic N) is 1. The van der Waals surface area contributed by atoms with Crippen molar-refractivity contribution < 1.29 is 9.32 Å². The molecule has 0 atom stereocenters. The van der Waals surface area contributed by atoms with Crippen molar-refractivity contribution in [3.8, 4) is 0 Å². The second-order valence-electron chi connectivity index (χ2n) is 5.28. The highest BCUT2D eigenvalue weighted by Gasteiger charge is 2.11. The lowest BCUT2D eigenvalue weighted by atomic mass is 10.1. The van der Waals surface area contributed by atoms with Crippen LogP contribution in [0.4, 0.5) is 5.69 Å². The van der Waals surface area contributed by atoms with Crippen molar-refractivity contribution in [2.75, 3.05) is 17.6 Å². The van der Waals surface area contributed by atoms with Gasteiger partial charge in [0, 0.05) is 23.5 Å². The van der Waals surface area contributed by atoms with E-state index in [1.54, 1.807) is 11.8 Å². The van der Waals surface area contributed by atoms with Crippen molar-refractivity contribution in [1.82, 2.24) is 10.5 Å². The molecule has 0 aliphatic rings. The molecule has 0 spiro atoms. The summed E-state index contributed by atoms with van der Waals surface area (Å²) < 4.78 is 5.13. The van der Waals surface area contributed by atoms with E-state index in [2.05, 4.69) is 22.7 Å².